The van der Waals surface area contributed by atoms with Gasteiger partial charge in [0.25, 0.3) is 0 Å². The maximum Gasteiger partial charge on any atom is 0.159 e. The van der Waals surface area contributed by atoms with Gasteiger partial charge in [0, 0.05) is 28.3 Å². The van der Waals surface area contributed by atoms with Gasteiger partial charge in [0.2, 0.25) is 0 Å². The van der Waals surface area contributed by atoms with Gasteiger partial charge in [-0.25, -0.2) is 4.98 Å². The number of ketones is 1. The number of H-pyrrole nitrogens is 1. The number of ether oxygens (including phenoxy) is 1. The monoisotopic (exact) mass is 372 g/mol. The van der Waals surface area contributed by atoms with E-state index in [2.05, 4.69) is 15.5 Å². The quantitative estimate of drug-likeness (QED) is 0.488. The van der Waals surface area contributed by atoms with Gasteiger partial charge >= 0.3 is 0 Å². The Labute approximate surface area is 162 Å². The minimum absolute atomic E-state index is 0.0223. The highest BCUT2D eigenvalue weighted by Crippen LogP contribution is 2.32. The van der Waals surface area contributed by atoms with Gasteiger partial charge in [-0.1, -0.05) is 18.2 Å². The van der Waals surface area contributed by atoms with Crippen molar-refractivity contribution in [2.45, 2.75) is 13.8 Å². The number of hydrogen-bond acceptors (Lipinski definition) is 5. The summed E-state index contributed by atoms with van der Waals surface area (Å²) in [4.78, 5) is 16.6. The van der Waals surface area contributed by atoms with Crippen LogP contribution >= 0.6 is 0 Å². The summed E-state index contributed by atoms with van der Waals surface area (Å²) in [5.41, 5.74) is 3.28. The molecule has 0 amide bonds. The van der Waals surface area contributed by atoms with Gasteiger partial charge < -0.3 is 10.1 Å². The number of carbonyl (C=O) groups is 1. The Balaban J connectivity index is 1.89. The van der Waals surface area contributed by atoms with Crippen LogP contribution in [0.2, 0.25) is 0 Å². The lowest BCUT2D eigenvalue weighted by atomic mass is 10.0. The third-order valence-electron chi connectivity index (χ3n) is 4.54. The first-order valence-electron chi connectivity index (χ1n) is 8.93. The SMILES string of the molecule is COc1ccc2c(-c3cccc(C(C)=O)c3)nc(Nc3cc(C)[nH]n3)cc2c1. The fraction of sp³-hybridized carbons (Fsp3) is 0.136. The molecule has 0 unspecified atom stereocenters. The molecule has 2 heterocycles. The number of benzene rings is 2. The fourth-order valence-electron chi connectivity index (χ4n) is 3.15. The number of hydrogen-bond donors (Lipinski definition) is 2. The lowest BCUT2D eigenvalue weighted by Crippen LogP contribution is -1.98. The normalized spacial score (nSPS) is 10.8. The molecule has 0 aliphatic heterocycles. The average molecular weight is 372 g/mol. The minimum atomic E-state index is 0.0223. The molecular weight excluding hydrogens is 352 g/mol. The van der Waals surface area contributed by atoms with Crippen LogP contribution in [0.25, 0.3) is 22.0 Å². The topological polar surface area (TPSA) is 79.9 Å². The van der Waals surface area contributed by atoms with Gasteiger partial charge in [-0.05, 0) is 49.6 Å². The molecule has 140 valence electrons. The van der Waals surface area contributed by atoms with Gasteiger partial charge in [0.15, 0.2) is 11.6 Å². The zero-order valence-electron chi connectivity index (χ0n) is 15.9. The zero-order chi connectivity index (χ0) is 19.7. The Morgan fingerprint density at radius 1 is 1.07 bits per heavy atom. The second-order valence-corrected chi connectivity index (χ2v) is 6.64. The van der Waals surface area contributed by atoms with E-state index < -0.39 is 0 Å². The van der Waals surface area contributed by atoms with Crippen molar-refractivity contribution in [3.63, 3.8) is 0 Å². The van der Waals surface area contributed by atoms with Crippen molar-refractivity contribution in [2.75, 3.05) is 12.4 Å². The molecule has 28 heavy (non-hydrogen) atoms. The van der Waals surface area contributed by atoms with Crippen LogP contribution in [0.3, 0.4) is 0 Å². The van der Waals surface area contributed by atoms with Crippen LogP contribution in [-0.4, -0.2) is 28.1 Å². The molecule has 2 aromatic carbocycles. The number of rotatable bonds is 5. The first-order chi connectivity index (χ1) is 13.5. The molecule has 0 bridgehead atoms. The van der Waals surface area contributed by atoms with Gasteiger partial charge in [0.1, 0.15) is 11.6 Å². The van der Waals surface area contributed by atoms with Crippen molar-refractivity contribution in [3.8, 4) is 17.0 Å². The summed E-state index contributed by atoms with van der Waals surface area (Å²) in [7, 11) is 1.64. The highest BCUT2D eigenvalue weighted by Gasteiger charge is 2.12. The molecule has 0 fully saturated rings. The lowest BCUT2D eigenvalue weighted by Gasteiger charge is -2.12. The number of methoxy groups -OCH3 is 1. The number of pyridine rings is 1. The van der Waals surface area contributed by atoms with Crippen LogP contribution < -0.4 is 10.1 Å². The van der Waals surface area contributed by atoms with E-state index in [9.17, 15) is 4.79 Å². The first kappa shape index (κ1) is 17.7. The highest BCUT2D eigenvalue weighted by atomic mass is 16.5. The molecule has 2 aromatic heterocycles. The molecule has 0 spiro atoms. The molecule has 0 aliphatic carbocycles. The van der Waals surface area contributed by atoms with Gasteiger partial charge in [-0.15, -0.1) is 0 Å². The summed E-state index contributed by atoms with van der Waals surface area (Å²) in [5.74, 6) is 2.14. The number of aryl methyl sites for hydroxylation is 1. The molecule has 6 nitrogen and oxygen atoms in total. The molecule has 6 heteroatoms. The maximum atomic E-state index is 11.8. The standard InChI is InChI=1S/C22H20N4O2/c1-13-9-21(26-25-13)23-20-12-17-11-18(28-3)7-8-19(17)22(24-20)16-6-4-5-15(10-16)14(2)27/h4-12H,1-3H3,(H2,23,24,25,26). The van der Waals surface area contributed by atoms with Crippen LogP contribution in [0.5, 0.6) is 5.75 Å². The number of Topliss-reactive ketones (excluding diaryl/α,β-unsaturated/α-hetero) is 1. The molecule has 4 rings (SSSR count). The van der Waals surface area contributed by atoms with Crippen LogP contribution in [-0.2, 0) is 0 Å². The molecule has 0 aliphatic rings. The highest BCUT2D eigenvalue weighted by molar-refractivity contribution is 6.00. The van der Waals surface area contributed by atoms with E-state index in [-0.39, 0.29) is 5.78 Å². The summed E-state index contributed by atoms with van der Waals surface area (Å²) in [6.45, 7) is 3.50. The summed E-state index contributed by atoms with van der Waals surface area (Å²) in [6.07, 6.45) is 0. The second-order valence-electron chi connectivity index (χ2n) is 6.64. The second kappa shape index (κ2) is 7.15. The number of nitrogens with one attached hydrogen (secondary N) is 2. The Morgan fingerprint density at radius 3 is 2.64 bits per heavy atom. The Morgan fingerprint density at radius 2 is 1.93 bits per heavy atom. The van der Waals surface area contributed by atoms with E-state index in [1.165, 1.54) is 0 Å². The van der Waals surface area contributed by atoms with Crippen molar-refractivity contribution in [3.05, 3.63) is 65.9 Å². The van der Waals surface area contributed by atoms with E-state index in [1.807, 2.05) is 61.5 Å². The summed E-state index contributed by atoms with van der Waals surface area (Å²) >= 11 is 0. The van der Waals surface area contributed by atoms with E-state index >= 15 is 0 Å². The summed E-state index contributed by atoms with van der Waals surface area (Å²) in [5, 5.41) is 12.3. The van der Waals surface area contributed by atoms with Crippen molar-refractivity contribution < 1.29 is 9.53 Å². The van der Waals surface area contributed by atoms with Crippen LogP contribution in [0.4, 0.5) is 11.6 Å². The number of carbonyl (C=O) groups excluding carboxylic acids is 1. The lowest BCUT2D eigenvalue weighted by molar-refractivity contribution is 0.101. The third kappa shape index (κ3) is 3.44. The van der Waals surface area contributed by atoms with Crippen molar-refractivity contribution in [1.29, 1.82) is 0 Å². The van der Waals surface area contributed by atoms with Crippen LogP contribution in [0, 0.1) is 6.92 Å². The number of fused-ring (bicyclic) bond motifs is 1. The van der Waals surface area contributed by atoms with E-state index in [0.29, 0.717) is 17.2 Å². The smallest absolute Gasteiger partial charge is 0.159 e. The third-order valence-corrected chi connectivity index (χ3v) is 4.54. The van der Waals surface area contributed by atoms with Crippen molar-refractivity contribution in [1.82, 2.24) is 15.2 Å². The summed E-state index contributed by atoms with van der Waals surface area (Å²) < 4.78 is 5.38. The average Bonchev–Trinajstić information content (AvgIpc) is 3.11. The molecule has 0 radical (unpaired) electrons. The largest absolute Gasteiger partial charge is 0.497 e. The number of nitrogens with zero attached hydrogens (tertiary/aromatic N) is 2. The Hall–Kier alpha value is -3.67. The van der Waals surface area contributed by atoms with Gasteiger partial charge in [0.05, 0.1) is 12.8 Å². The van der Waals surface area contributed by atoms with E-state index in [1.54, 1.807) is 14.0 Å². The van der Waals surface area contributed by atoms with Crippen molar-refractivity contribution >= 4 is 28.2 Å². The first-order valence-corrected chi connectivity index (χ1v) is 8.93. The predicted octanol–water partition coefficient (Wildman–Crippen LogP) is 4.89. The number of aromatic nitrogens is 3. The Bertz CT molecular complexity index is 1180. The van der Waals surface area contributed by atoms with Crippen LogP contribution in [0.15, 0.2) is 54.6 Å². The molecule has 0 atom stereocenters. The molecule has 2 N–H and O–H groups in total. The summed E-state index contributed by atoms with van der Waals surface area (Å²) in [6, 6.07) is 17.2. The fourth-order valence-corrected chi connectivity index (χ4v) is 3.15. The molecule has 0 saturated heterocycles. The minimum Gasteiger partial charge on any atom is -0.497 e. The maximum absolute atomic E-state index is 11.8. The molecular formula is C22H20N4O2. The van der Waals surface area contributed by atoms with Crippen LogP contribution in [0.1, 0.15) is 23.0 Å². The number of aromatic amines is 1. The van der Waals surface area contributed by atoms with Gasteiger partial charge in [-0.2, -0.15) is 5.10 Å². The molecule has 4 aromatic rings. The van der Waals surface area contributed by atoms with Crippen molar-refractivity contribution in [2.24, 2.45) is 0 Å². The predicted molar refractivity (Wildman–Crippen MR) is 110 cm³/mol. The Kier molecular flexibility index (Phi) is 4.53. The van der Waals surface area contributed by atoms with E-state index in [0.717, 1.165) is 33.5 Å². The number of anilines is 2. The van der Waals surface area contributed by atoms with E-state index in [4.69, 9.17) is 9.72 Å². The molecule has 0 saturated carbocycles. The van der Waals surface area contributed by atoms with Gasteiger partial charge in [-0.3, -0.25) is 9.89 Å². The zero-order valence-corrected chi connectivity index (χ0v) is 15.9.